The van der Waals surface area contributed by atoms with Gasteiger partial charge in [0.25, 0.3) is 0 Å². The number of nitrogens with zero attached hydrogens (tertiary/aromatic N) is 2. The molecule has 4 nitrogen and oxygen atoms in total. The summed E-state index contributed by atoms with van der Waals surface area (Å²) in [5, 5.41) is 0. The Morgan fingerprint density at radius 3 is 2.57 bits per heavy atom. The van der Waals surface area contributed by atoms with Crippen LogP contribution in [0.2, 0.25) is 0 Å². The van der Waals surface area contributed by atoms with Crippen LogP contribution in [0.4, 0.5) is 0 Å². The zero-order chi connectivity index (χ0) is 15.0. The van der Waals surface area contributed by atoms with Crippen LogP contribution in [0.5, 0.6) is 0 Å². The molecule has 1 saturated carbocycles. The maximum atomic E-state index is 13.0. The summed E-state index contributed by atoms with van der Waals surface area (Å²) in [6.07, 6.45) is 8.13. The maximum Gasteiger partial charge on any atom is 0.245 e. The average molecular weight is 292 g/mol. The van der Waals surface area contributed by atoms with Gasteiger partial charge in [-0.05, 0) is 43.9 Å². The van der Waals surface area contributed by atoms with Gasteiger partial charge < -0.3 is 9.80 Å². The van der Waals surface area contributed by atoms with Crippen molar-refractivity contribution in [3.05, 3.63) is 0 Å². The van der Waals surface area contributed by atoms with E-state index in [4.69, 9.17) is 0 Å². The first-order chi connectivity index (χ1) is 9.98. The van der Waals surface area contributed by atoms with Crippen molar-refractivity contribution in [2.75, 3.05) is 13.1 Å². The third-order valence-electron chi connectivity index (χ3n) is 5.58. The topological polar surface area (TPSA) is 40.6 Å². The SMILES string of the molecule is CC1(C)CCCC(N2CCC(=O)N3CCCCC3C2=O)C1. The third kappa shape index (κ3) is 2.95. The highest BCUT2D eigenvalue weighted by Crippen LogP contribution is 2.38. The van der Waals surface area contributed by atoms with Crippen molar-refractivity contribution in [1.29, 1.82) is 0 Å². The van der Waals surface area contributed by atoms with E-state index >= 15 is 0 Å². The fourth-order valence-corrected chi connectivity index (χ4v) is 4.43. The fraction of sp³-hybridized carbons (Fsp3) is 0.882. The van der Waals surface area contributed by atoms with Crippen LogP contribution >= 0.6 is 0 Å². The first-order valence-electron chi connectivity index (χ1n) is 8.58. The van der Waals surface area contributed by atoms with Crippen LogP contribution in [0, 0.1) is 5.41 Å². The number of rotatable bonds is 1. The quantitative estimate of drug-likeness (QED) is 0.745. The van der Waals surface area contributed by atoms with E-state index in [0.29, 0.717) is 24.4 Å². The Hall–Kier alpha value is -1.06. The van der Waals surface area contributed by atoms with Crippen molar-refractivity contribution in [2.24, 2.45) is 5.41 Å². The summed E-state index contributed by atoms with van der Waals surface area (Å²) in [5.41, 5.74) is 0.325. The predicted octanol–water partition coefficient (Wildman–Crippen LogP) is 2.57. The Kier molecular flexibility index (Phi) is 3.98. The summed E-state index contributed by atoms with van der Waals surface area (Å²) in [6, 6.07) is 0.176. The maximum absolute atomic E-state index is 13.0. The van der Waals surface area contributed by atoms with Crippen LogP contribution in [0.15, 0.2) is 0 Å². The van der Waals surface area contributed by atoms with E-state index < -0.39 is 0 Å². The molecular formula is C17H28N2O2. The van der Waals surface area contributed by atoms with Crippen molar-refractivity contribution in [1.82, 2.24) is 9.80 Å². The van der Waals surface area contributed by atoms with E-state index in [9.17, 15) is 9.59 Å². The Morgan fingerprint density at radius 2 is 1.81 bits per heavy atom. The van der Waals surface area contributed by atoms with Gasteiger partial charge in [-0.15, -0.1) is 0 Å². The molecule has 0 aromatic rings. The first kappa shape index (κ1) is 14.9. The van der Waals surface area contributed by atoms with Gasteiger partial charge >= 0.3 is 0 Å². The Bertz CT molecular complexity index is 433. The molecule has 1 aliphatic carbocycles. The highest BCUT2D eigenvalue weighted by Gasteiger charge is 2.41. The lowest BCUT2D eigenvalue weighted by atomic mass is 9.74. The molecule has 2 amide bonds. The molecule has 0 spiro atoms. The van der Waals surface area contributed by atoms with Gasteiger partial charge in [-0.25, -0.2) is 0 Å². The molecule has 2 atom stereocenters. The summed E-state index contributed by atoms with van der Waals surface area (Å²) in [7, 11) is 0. The van der Waals surface area contributed by atoms with Gasteiger partial charge in [0.1, 0.15) is 6.04 Å². The average Bonchev–Trinajstić information content (AvgIpc) is 2.57. The van der Waals surface area contributed by atoms with Crippen LogP contribution in [0.1, 0.15) is 65.2 Å². The van der Waals surface area contributed by atoms with Crippen LogP contribution in [0.25, 0.3) is 0 Å². The standard InChI is InChI=1S/C17H28N2O2/c1-17(2)9-5-6-13(12-17)18-11-8-15(20)19-10-4-3-7-14(19)16(18)21/h13-14H,3-12H2,1-2H3. The molecule has 3 fully saturated rings. The second-order valence-electron chi connectivity index (χ2n) is 7.79. The summed E-state index contributed by atoms with van der Waals surface area (Å²) in [5.74, 6) is 0.411. The highest BCUT2D eigenvalue weighted by molar-refractivity contribution is 5.90. The summed E-state index contributed by atoms with van der Waals surface area (Å²) >= 11 is 0. The van der Waals surface area contributed by atoms with E-state index in [1.165, 1.54) is 12.8 Å². The summed E-state index contributed by atoms with van der Waals surface area (Å²) in [4.78, 5) is 29.2. The number of amides is 2. The van der Waals surface area contributed by atoms with Crippen LogP contribution in [-0.4, -0.2) is 46.8 Å². The van der Waals surface area contributed by atoms with E-state index in [1.54, 1.807) is 0 Å². The van der Waals surface area contributed by atoms with E-state index in [1.807, 2.05) is 4.90 Å². The molecule has 0 aromatic heterocycles. The molecule has 3 rings (SSSR count). The zero-order valence-electron chi connectivity index (χ0n) is 13.4. The van der Waals surface area contributed by atoms with Gasteiger partial charge in [-0.1, -0.05) is 20.3 Å². The number of hydrogen-bond acceptors (Lipinski definition) is 2. The zero-order valence-corrected chi connectivity index (χ0v) is 13.4. The van der Waals surface area contributed by atoms with Gasteiger partial charge in [0.15, 0.2) is 0 Å². The number of piperidine rings is 1. The van der Waals surface area contributed by atoms with Crippen molar-refractivity contribution in [3.63, 3.8) is 0 Å². The predicted molar refractivity (Wildman–Crippen MR) is 81.7 cm³/mol. The number of carbonyl (C=O) groups excluding carboxylic acids is 2. The van der Waals surface area contributed by atoms with Gasteiger partial charge in [0.05, 0.1) is 0 Å². The summed E-state index contributed by atoms with van der Waals surface area (Å²) in [6.45, 7) is 6.02. The minimum atomic E-state index is -0.168. The molecule has 0 bridgehead atoms. The van der Waals surface area contributed by atoms with E-state index in [2.05, 4.69) is 18.7 Å². The van der Waals surface area contributed by atoms with Crippen LogP contribution in [-0.2, 0) is 9.59 Å². The summed E-state index contributed by atoms with van der Waals surface area (Å²) < 4.78 is 0. The largest absolute Gasteiger partial charge is 0.337 e. The van der Waals surface area contributed by atoms with Crippen molar-refractivity contribution in [3.8, 4) is 0 Å². The monoisotopic (exact) mass is 292 g/mol. The van der Waals surface area contributed by atoms with Crippen LogP contribution < -0.4 is 0 Å². The molecular weight excluding hydrogens is 264 g/mol. The molecule has 2 aliphatic heterocycles. The number of carbonyl (C=O) groups is 2. The smallest absolute Gasteiger partial charge is 0.245 e. The molecule has 118 valence electrons. The van der Waals surface area contributed by atoms with E-state index in [-0.39, 0.29) is 17.9 Å². The fourth-order valence-electron chi connectivity index (χ4n) is 4.43. The Morgan fingerprint density at radius 1 is 1.00 bits per heavy atom. The number of hydrogen-bond donors (Lipinski definition) is 0. The molecule has 0 aromatic carbocycles. The van der Waals surface area contributed by atoms with Gasteiger partial charge in [0.2, 0.25) is 11.8 Å². The van der Waals surface area contributed by atoms with Crippen molar-refractivity contribution in [2.45, 2.75) is 77.3 Å². The molecule has 4 heteroatoms. The van der Waals surface area contributed by atoms with Gasteiger partial charge in [0, 0.05) is 25.6 Å². The normalized spacial score (nSPS) is 33.6. The minimum Gasteiger partial charge on any atom is -0.337 e. The molecule has 2 saturated heterocycles. The number of fused-ring (bicyclic) bond motifs is 1. The molecule has 0 radical (unpaired) electrons. The molecule has 3 aliphatic rings. The molecule has 21 heavy (non-hydrogen) atoms. The van der Waals surface area contributed by atoms with Gasteiger partial charge in [-0.2, -0.15) is 0 Å². The lowest BCUT2D eigenvalue weighted by Gasteiger charge is -2.42. The lowest BCUT2D eigenvalue weighted by Crippen LogP contribution is -2.53. The Balaban J connectivity index is 1.79. The van der Waals surface area contributed by atoms with Crippen molar-refractivity contribution < 1.29 is 9.59 Å². The van der Waals surface area contributed by atoms with Crippen molar-refractivity contribution >= 4 is 11.8 Å². The minimum absolute atomic E-state index is 0.168. The second-order valence-corrected chi connectivity index (χ2v) is 7.79. The Labute approximate surface area is 127 Å². The van der Waals surface area contributed by atoms with Crippen LogP contribution in [0.3, 0.4) is 0 Å². The highest BCUT2D eigenvalue weighted by atomic mass is 16.2. The van der Waals surface area contributed by atoms with Gasteiger partial charge in [-0.3, -0.25) is 9.59 Å². The van der Waals surface area contributed by atoms with E-state index in [0.717, 1.165) is 38.6 Å². The molecule has 2 unspecified atom stereocenters. The molecule has 0 N–H and O–H groups in total. The second kappa shape index (κ2) is 5.62. The molecule has 2 heterocycles. The third-order valence-corrected chi connectivity index (χ3v) is 5.58. The first-order valence-corrected chi connectivity index (χ1v) is 8.58. The lowest BCUT2D eigenvalue weighted by molar-refractivity contribution is -0.145.